The molecule has 1 atom stereocenters. The molecule has 1 aliphatic rings. The van der Waals surface area contributed by atoms with Crippen molar-refractivity contribution in [2.24, 2.45) is 0 Å². The van der Waals surface area contributed by atoms with E-state index >= 15 is 0 Å². The van der Waals surface area contributed by atoms with Crippen LogP contribution < -0.4 is 5.56 Å². The van der Waals surface area contributed by atoms with Crippen molar-refractivity contribution in [2.75, 3.05) is 6.26 Å². The van der Waals surface area contributed by atoms with Crippen molar-refractivity contribution in [3.63, 3.8) is 0 Å². The Morgan fingerprint density at radius 1 is 1.17 bits per heavy atom. The van der Waals surface area contributed by atoms with Gasteiger partial charge in [0, 0.05) is 28.9 Å². The van der Waals surface area contributed by atoms with Crippen LogP contribution in [0, 0.1) is 0 Å². The molecule has 152 valence electrons. The zero-order valence-corrected chi connectivity index (χ0v) is 17.9. The number of sulfone groups is 1. The van der Waals surface area contributed by atoms with Crippen LogP contribution in [0.2, 0.25) is 5.02 Å². The summed E-state index contributed by atoms with van der Waals surface area (Å²) in [5, 5.41) is 0.925. The Bertz CT molecular complexity index is 1280. The minimum Gasteiger partial charge on any atom is -0.288 e. The van der Waals surface area contributed by atoms with E-state index in [1.807, 2.05) is 0 Å². The summed E-state index contributed by atoms with van der Waals surface area (Å²) >= 11 is 5.87. The van der Waals surface area contributed by atoms with Crippen LogP contribution in [0.5, 0.6) is 0 Å². The predicted molar refractivity (Wildman–Crippen MR) is 111 cm³/mol. The Labute approximate surface area is 175 Å². The van der Waals surface area contributed by atoms with Gasteiger partial charge in [0.2, 0.25) is 15.0 Å². The first-order chi connectivity index (χ1) is 13.8. The number of benzene rings is 1. The number of aromatic nitrogens is 3. The quantitative estimate of drug-likeness (QED) is 0.565. The Hall–Kier alpha value is -2.10. The van der Waals surface area contributed by atoms with E-state index in [-0.39, 0.29) is 21.0 Å². The van der Waals surface area contributed by atoms with E-state index in [0.29, 0.717) is 16.1 Å². The minimum absolute atomic E-state index is 0.0106. The van der Waals surface area contributed by atoms with Gasteiger partial charge in [0.1, 0.15) is 10.5 Å². The fourth-order valence-electron chi connectivity index (χ4n) is 3.65. The second kappa shape index (κ2) is 7.62. The number of halogens is 1. The molecule has 1 saturated carbocycles. The largest absolute Gasteiger partial charge is 0.288 e. The van der Waals surface area contributed by atoms with Crippen molar-refractivity contribution >= 4 is 43.3 Å². The summed E-state index contributed by atoms with van der Waals surface area (Å²) in [4.78, 5) is 21.4. The van der Waals surface area contributed by atoms with Crippen molar-refractivity contribution < 1.29 is 12.6 Å². The molecule has 0 bridgehead atoms. The van der Waals surface area contributed by atoms with Gasteiger partial charge in [-0.15, -0.1) is 0 Å². The lowest BCUT2D eigenvalue weighted by molar-refractivity contribution is 0.506. The number of nitrogens with zero attached hydrogens (tertiary/aromatic N) is 3. The summed E-state index contributed by atoms with van der Waals surface area (Å²) in [6, 6.07) is 6.84. The zero-order valence-electron chi connectivity index (χ0n) is 15.5. The highest BCUT2D eigenvalue weighted by Crippen LogP contribution is 2.32. The third-order valence-electron chi connectivity index (χ3n) is 5.08. The van der Waals surface area contributed by atoms with Gasteiger partial charge >= 0.3 is 0 Å². The fraction of sp³-hybridized carbons (Fsp3) is 0.316. The molecule has 0 radical (unpaired) electrons. The van der Waals surface area contributed by atoms with Crippen molar-refractivity contribution in [1.29, 1.82) is 0 Å². The van der Waals surface area contributed by atoms with Crippen LogP contribution in [0.3, 0.4) is 0 Å². The van der Waals surface area contributed by atoms with Crippen molar-refractivity contribution in [1.82, 2.24) is 14.5 Å². The molecule has 7 nitrogen and oxygen atoms in total. The molecule has 10 heteroatoms. The summed E-state index contributed by atoms with van der Waals surface area (Å²) in [7, 11) is -5.49. The van der Waals surface area contributed by atoms with Crippen molar-refractivity contribution in [2.45, 2.75) is 46.7 Å². The molecule has 2 heterocycles. The lowest BCUT2D eigenvalue weighted by Gasteiger charge is -2.18. The van der Waals surface area contributed by atoms with Gasteiger partial charge < -0.3 is 0 Å². The molecular formula is C19H18ClN3O4S2. The first-order valence-corrected chi connectivity index (χ1v) is 12.5. The summed E-state index contributed by atoms with van der Waals surface area (Å²) in [5.41, 5.74) is -0.303. The van der Waals surface area contributed by atoms with E-state index < -0.39 is 26.2 Å². The highest BCUT2D eigenvalue weighted by atomic mass is 35.5. The Balaban J connectivity index is 2.02. The number of hydrogen-bond acceptors (Lipinski definition) is 6. The normalized spacial score (nSPS) is 16.3. The molecule has 0 N–H and O–H groups in total. The third kappa shape index (κ3) is 3.62. The average Bonchev–Trinajstić information content (AvgIpc) is 3.21. The molecule has 0 amide bonds. The van der Waals surface area contributed by atoms with Crippen LogP contribution in [0.15, 0.2) is 56.3 Å². The maximum atomic E-state index is 13.4. The van der Waals surface area contributed by atoms with Crippen LogP contribution in [0.4, 0.5) is 0 Å². The molecule has 3 aromatic rings. The molecule has 0 aliphatic heterocycles. The predicted octanol–water partition coefficient (Wildman–Crippen LogP) is 3.13. The molecule has 1 aromatic carbocycles. The van der Waals surface area contributed by atoms with E-state index in [4.69, 9.17) is 11.6 Å². The lowest BCUT2D eigenvalue weighted by atomic mass is 10.2. The molecule has 1 fully saturated rings. The molecule has 2 aromatic heterocycles. The van der Waals surface area contributed by atoms with Gasteiger partial charge in [0.05, 0.1) is 15.7 Å². The average molecular weight is 452 g/mol. The second-order valence-electron chi connectivity index (χ2n) is 6.97. The van der Waals surface area contributed by atoms with Crippen LogP contribution in [0.25, 0.3) is 11.0 Å². The fourth-order valence-corrected chi connectivity index (χ4v) is 5.55. The number of rotatable bonds is 4. The van der Waals surface area contributed by atoms with Gasteiger partial charge in [-0.3, -0.25) is 13.6 Å². The number of pyridine rings is 1. The van der Waals surface area contributed by atoms with E-state index in [0.717, 1.165) is 25.7 Å². The molecular weight excluding hydrogens is 434 g/mol. The highest BCUT2D eigenvalue weighted by molar-refractivity contribution is 7.91. The third-order valence-corrected chi connectivity index (χ3v) is 7.81. The van der Waals surface area contributed by atoms with Gasteiger partial charge in [-0.2, -0.15) is 0 Å². The summed E-state index contributed by atoms with van der Waals surface area (Å²) in [6.07, 6.45) is 6.29. The molecule has 1 unspecified atom stereocenters. The standard InChI is InChI=1S/C19H18ClN3O4S2/c1-28(25)19-21-11-12-10-16(29(26,27)15-8-6-13(20)7-9-15)18(24)23(17(12)22-19)14-4-2-3-5-14/h6-11,14H,2-5H2,1H3. The highest BCUT2D eigenvalue weighted by Gasteiger charge is 2.28. The van der Waals surface area contributed by atoms with E-state index in [9.17, 15) is 17.4 Å². The van der Waals surface area contributed by atoms with Crippen molar-refractivity contribution in [3.05, 3.63) is 51.9 Å². The van der Waals surface area contributed by atoms with Crippen LogP contribution in [0.1, 0.15) is 31.7 Å². The smallest absolute Gasteiger partial charge is 0.271 e. The maximum absolute atomic E-state index is 13.4. The first-order valence-electron chi connectivity index (χ1n) is 9.05. The summed E-state index contributed by atoms with van der Waals surface area (Å²) < 4.78 is 39.7. The second-order valence-corrected chi connectivity index (χ2v) is 10.6. The molecule has 1 aliphatic carbocycles. The van der Waals surface area contributed by atoms with Gasteiger partial charge in [0.15, 0.2) is 0 Å². The summed E-state index contributed by atoms with van der Waals surface area (Å²) in [6.45, 7) is 0. The molecule has 29 heavy (non-hydrogen) atoms. The van der Waals surface area contributed by atoms with E-state index in [2.05, 4.69) is 9.97 Å². The number of hydrogen-bond donors (Lipinski definition) is 0. The molecule has 4 rings (SSSR count). The number of fused-ring (bicyclic) bond motifs is 1. The monoisotopic (exact) mass is 451 g/mol. The van der Waals surface area contributed by atoms with Gasteiger partial charge in [-0.1, -0.05) is 24.4 Å². The van der Waals surface area contributed by atoms with Crippen LogP contribution in [-0.2, 0) is 20.6 Å². The lowest BCUT2D eigenvalue weighted by Crippen LogP contribution is -2.29. The Kier molecular flexibility index (Phi) is 5.30. The Morgan fingerprint density at radius 3 is 2.45 bits per heavy atom. The zero-order chi connectivity index (χ0) is 20.8. The van der Waals surface area contributed by atoms with Gasteiger partial charge in [0.25, 0.3) is 5.56 Å². The molecule has 0 saturated heterocycles. The van der Waals surface area contributed by atoms with Gasteiger partial charge in [-0.25, -0.2) is 18.4 Å². The maximum Gasteiger partial charge on any atom is 0.271 e. The van der Waals surface area contributed by atoms with E-state index in [1.54, 1.807) is 0 Å². The van der Waals surface area contributed by atoms with Crippen molar-refractivity contribution in [3.8, 4) is 0 Å². The molecule has 0 spiro atoms. The van der Waals surface area contributed by atoms with E-state index in [1.165, 1.54) is 47.4 Å². The van der Waals surface area contributed by atoms with Crippen LogP contribution in [-0.4, -0.2) is 33.4 Å². The topological polar surface area (TPSA) is 99.0 Å². The SMILES string of the molecule is CS(=O)c1ncc2cc(S(=O)(=O)c3ccc(Cl)cc3)c(=O)n(C3CCCC3)c2n1. The summed E-state index contributed by atoms with van der Waals surface area (Å²) in [5.74, 6) is 0. The Morgan fingerprint density at radius 2 is 1.83 bits per heavy atom. The van der Waals surface area contributed by atoms with Crippen LogP contribution >= 0.6 is 11.6 Å². The van der Waals surface area contributed by atoms with Gasteiger partial charge in [-0.05, 0) is 43.2 Å². The minimum atomic E-state index is -4.06. The first kappa shape index (κ1) is 20.2.